The third kappa shape index (κ3) is 3.19. The van der Waals surface area contributed by atoms with E-state index >= 15 is 0 Å². The fourth-order valence-corrected chi connectivity index (χ4v) is 4.26. The number of fused-ring (bicyclic) bond motifs is 1. The van der Waals surface area contributed by atoms with Crippen molar-refractivity contribution in [2.24, 2.45) is 0 Å². The Labute approximate surface area is 173 Å². The quantitative estimate of drug-likeness (QED) is 0.632. The molecule has 29 heavy (non-hydrogen) atoms. The molecular formula is C25H27N3O. The molecule has 1 aliphatic heterocycles. The van der Waals surface area contributed by atoms with E-state index in [4.69, 9.17) is 0 Å². The zero-order chi connectivity index (χ0) is 20.4. The molecule has 1 aliphatic rings. The van der Waals surface area contributed by atoms with E-state index in [0.29, 0.717) is 0 Å². The Kier molecular flexibility index (Phi) is 5.12. The molecule has 3 aromatic carbocycles. The number of carbonyl (C=O) groups is 1. The first-order valence-electron chi connectivity index (χ1n) is 9.99. The van der Waals surface area contributed by atoms with Crippen LogP contribution in [0.1, 0.15) is 17.5 Å². The van der Waals surface area contributed by atoms with Crippen molar-refractivity contribution in [2.45, 2.75) is 11.8 Å². The molecule has 0 spiro atoms. The van der Waals surface area contributed by atoms with E-state index in [1.165, 1.54) is 0 Å². The molecule has 1 atom stereocenters. The summed E-state index contributed by atoms with van der Waals surface area (Å²) in [5, 5.41) is 3.80. The Bertz CT molecular complexity index is 987. The third-order valence-electron chi connectivity index (χ3n) is 5.78. The summed E-state index contributed by atoms with van der Waals surface area (Å²) >= 11 is 0. The van der Waals surface area contributed by atoms with E-state index in [0.717, 1.165) is 35.5 Å². The van der Waals surface area contributed by atoms with Gasteiger partial charge in [-0.05, 0) is 56.4 Å². The second kappa shape index (κ2) is 7.72. The molecule has 1 amide bonds. The van der Waals surface area contributed by atoms with Crippen LogP contribution in [0.4, 0.5) is 11.4 Å². The topological polar surface area (TPSA) is 26.8 Å². The standard InChI is InChI=1S/C25H27N3O/c1-26(2)19-18-25(20-12-6-4-7-13-20)22-16-10-11-17-23(22)28(24(25)29)27(3)21-14-8-5-9-15-21/h4-17H,18-19H2,1-3H3/t25-/m0/s1. The number of anilines is 2. The lowest BCUT2D eigenvalue weighted by atomic mass is 9.73. The fraction of sp³-hybridized carbons (Fsp3) is 0.240. The number of carbonyl (C=O) groups excluding carboxylic acids is 1. The summed E-state index contributed by atoms with van der Waals surface area (Å²) in [7, 11) is 6.06. The van der Waals surface area contributed by atoms with Crippen LogP contribution in [-0.4, -0.2) is 38.5 Å². The van der Waals surface area contributed by atoms with Crippen molar-refractivity contribution in [2.75, 3.05) is 37.7 Å². The highest BCUT2D eigenvalue weighted by molar-refractivity contribution is 6.11. The molecule has 3 aromatic rings. The Balaban J connectivity index is 1.89. The van der Waals surface area contributed by atoms with Gasteiger partial charge in [0.1, 0.15) is 5.41 Å². The molecule has 148 valence electrons. The SMILES string of the molecule is CN(C)CC[C@@]1(c2ccccc2)C(=O)N(N(C)c2ccccc2)c2ccccc21. The molecule has 0 saturated heterocycles. The Morgan fingerprint density at radius 1 is 0.793 bits per heavy atom. The summed E-state index contributed by atoms with van der Waals surface area (Å²) in [5.41, 5.74) is 3.34. The molecule has 0 aromatic heterocycles. The van der Waals surface area contributed by atoms with E-state index in [-0.39, 0.29) is 5.91 Å². The first kappa shape index (κ1) is 19.2. The highest BCUT2D eigenvalue weighted by atomic mass is 16.2. The van der Waals surface area contributed by atoms with Crippen LogP contribution in [0.25, 0.3) is 0 Å². The van der Waals surface area contributed by atoms with E-state index in [9.17, 15) is 4.79 Å². The van der Waals surface area contributed by atoms with Crippen LogP contribution >= 0.6 is 0 Å². The fourth-order valence-electron chi connectivity index (χ4n) is 4.26. The van der Waals surface area contributed by atoms with E-state index in [2.05, 4.69) is 37.2 Å². The lowest BCUT2D eigenvalue weighted by Gasteiger charge is -2.34. The number of hydrogen-bond donors (Lipinski definition) is 0. The molecule has 1 heterocycles. The van der Waals surface area contributed by atoms with Crippen molar-refractivity contribution in [1.29, 1.82) is 0 Å². The second-order valence-electron chi connectivity index (χ2n) is 7.82. The Morgan fingerprint density at radius 2 is 1.38 bits per heavy atom. The molecule has 4 heteroatoms. The zero-order valence-corrected chi connectivity index (χ0v) is 17.2. The molecule has 0 aliphatic carbocycles. The predicted octanol–water partition coefficient (Wildman–Crippen LogP) is 4.32. The zero-order valence-electron chi connectivity index (χ0n) is 17.2. The molecule has 0 fully saturated rings. The molecule has 0 saturated carbocycles. The summed E-state index contributed by atoms with van der Waals surface area (Å²) in [5.74, 6) is 0.0955. The maximum absolute atomic E-state index is 14.2. The maximum atomic E-state index is 14.2. The lowest BCUT2D eigenvalue weighted by molar-refractivity contribution is -0.122. The normalized spacial score (nSPS) is 18.2. The number of hydrogen-bond acceptors (Lipinski definition) is 3. The number of rotatable bonds is 6. The van der Waals surface area contributed by atoms with Crippen LogP contribution in [-0.2, 0) is 10.2 Å². The number of nitrogens with zero attached hydrogens (tertiary/aromatic N) is 3. The lowest BCUT2D eigenvalue weighted by Crippen LogP contribution is -2.49. The van der Waals surface area contributed by atoms with E-state index in [1.54, 1.807) is 0 Å². The van der Waals surface area contributed by atoms with Gasteiger partial charge in [0, 0.05) is 7.05 Å². The molecule has 0 bridgehead atoms. The van der Waals surface area contributed by atoms with E-state index < -0.39 is 5.41 Å². The van der Waals surface area contributed by atoms with Crippen molar-refractivity contribution in [3.05, 3.63) is 96.1 Å². The van der Waals surface area contributed by atoms with Gasteiger partial charge in [-0.3, -0.25) is 9.80 Å². The summed E-state index contributed by atoms with van der Waals surface area (Å²) in [6.07, 6.45) is 0.721. The van der Waals surface area contributed by atoms with E-state index in [1.807, 2.05) is 83.8 Å². The number of hydrazine groups is 1. The summed E-state index contributed by atoms with van der Waals surface area (Å²) in [6, 6.07) is 28.4. The minimum absolute atomic E-state index is 0.0955. The third-order valence-corrected chi connectivity index (χ3v) is 5.78. The van der Waals surface area contributed by atoms with Crippen LogP contribution in [0.5, 0.6) is 0 Å². The molecule has 4 rings (SSSR count). The predicted molar refractivity (Wildman–Crippen MR) is 119 cm³/mol. The smallest absolute Gasteiger partial charge is 0.261 e. The first-order chi connectivity index (χ1) is 14.1. The Morgan fingerprint density at radius 3 is 2.03 bits per heavy atom. The average molecular weight is 386 g/mol. The minimum Gasteiger partial charge on any atom is -0.309 e. The number of para-hydroxylation sites is 2. The van der Waals surface area contributed by atoms with Gasteiger partial charge in [0.05, 0.1) is 11.4 Å². The van der Waals surface area contributed by atoms with Crippen LogP contribution in [0.3, 0.4) is 0 Å². The molecule has 0 radical (unpaired) electrons. The van der Waals surface area contributed by atoms with Crippen molar-refractivity contribution in [1.82, 2.24) is 4.90 Å². The highest BCUT2D eigenvalue weighted by Gasteiger charge is 2.53. The largest absolute Gasteiger partial charge is 0.309 e. The van der Waals surface area contributed by atoms with Crippen LogP contribution in [0, 0.1) is 0 Å². The average Bonchev–Trinajstić information content (AvgIpc) is 3.01. The van der Waals surface area contributed by atoms with Crippen molar-refractivity contribution >= 4 is 17.3 Å². The molecular weight excluding hydrogens is 358 g/mol. The minimum atomic E-state index is -0.703. The second-order valence-corrected chi connectivity index (χ2v) is 7.82. The van der Waals surface area contributed by atoms with Crippen molar-refractivity contribution in [3.63, 3.8) is 0 Å². The van der Waals surface area contributed by atoms with Gasteiger partial charge >= 0.3 is 0 Å². The van der Waals surface area contributed by atoms with Crippen LogP contribution in [0.15, 0.2) is 84.9 Å². The summed E-state index contributed by atoms with van der Waals surface area (Å²) in [6.45, 7) is 0.817. The van der Waals surface area contributed by atoms with Gasteiger partial charge in [0.25, 0.3) is 5.91 Å². The maximum Gasteiger partial charge on any atom is 0.261 e. The molecule has 0 unspecified atom stereocenters. The molecule has 0 N–H and O–H groups in total. The van der Waals surface area contributed by atoms with Crippen molar-refractivity contribution in [3.8, 4) is 0 Å². The Hall–Kier alpha value is -3.11. The summed E-state index contributed by atoms with van der Waals surface area (Å²) in [4.78, 5) is 16.3. The van der Waals surface area contributed by atoms with Gasteiger partial charge in [0.15, 0.2) is 0 Å². The number of benzene rings is 3. The molecule has 4 nitrogen and oxygen atoms in total. The van der Waals surface area contributed by atoms with Gasteiger partial charge in [-0.2, -0.15) is 0 Å². The summed E-state index contributed by atoms with van der Waals surface area (Å²) < 4.78 is 0. The monoisotopic (exact) mass is 385 g/mol. The highest BCUT2D eigenvalue weighted by Crippen LogP contribution is 2.49. The van der Waals surface area contributed by atoms with Gasteiger partial charge in [-0.15, -0.1) is 0 Å². The van der Waals surface area contributed by atoms with Crippen molar-refractivity contribution < 1.29 is 4.79 Å². The van der Waals surface area contributed by atoms with Crippen LogP contribution in [0.2, 0.25) is 0 Å². The van der Waals surface area contributed by atoms with Gasteiger partial charge in [-0.1, -0.05) is 66.7 Å². The van der Waals surface area contributed by atoms with Gasteiger partial charge in [-0.25, -0.2) is 5.01 Å². The van der Waals surface area contributed by atoms with Crippen LogP contribution < -0.4 is 10.0 Å². The van der Waals surface area contributed by atoms with Gasteiger partial charge in [0.2, 0.25) is 0 Å². The van der Waals surface area contributed by atoms with Gasteiger partial charge < -0.3 is 4.90 Å². The first-order valence-corrected chi connectivity index (χ1v) is 9.99. The number of amides is 1.